The largest absolute Gasteiger partial charge is 0.472 e. The van der Waals surface area contributed by atoms with Crippen LogP contribution in [0.3, 0.4) is 0 Å². The van der Waals surface area contributed by atoms with Crippen LogP contribution in [-0.4, -0.2) is 96.7 Å². The van der Waals surface area contributed by atoms with Crippen LogP contribution in [-0.2, 0) is 65.4 Å². The number of carbonyl (C=O) groups excluding carboxylic acids is 4. The van der Waals surface area contributed by atoms with Gasteiger partial charge in [-0.2, -0.15) is 0 Å². The van der Waals surface area contributed by atoms with Crippen LogP contribution in [0, 0.1) is 5.92 Å². The lowest BCUT2D eigenvalue weighted by atomic mass is 10.0. The number of ether oxygens (including phenoxy) is 4. The molecule has 5 atom stereocenters. The molecule has 0 fully saturated rings. The zero-order valence-electron chi connectivity index (χ0n) is 60.4. The van der Waals surface area contributed by atoms with Gasteiger partial charge in [-0.25, -0.2) is 9.13 Å². The molecule has 2 unspecified atom stereocenters. The number of phosphoric acid groups is 2. The van der Waals surface area contributed by atoms with E-state index in [1.165, 1.54) is 205 Å². The van der Waals surface area contributed by atoms with Gasteiger partial charge in [-0.05, 0) is 31.6 Å². The van der Waals surface area contributed by atoms with Crippen LogP contribution in [0.25, 0.3) is 0 Å². The molecule has 0 aromatic carbocycles. The first-order valence-corrected chi connectivity index (χ1v) is 41.6. The van der Waals surface area contributed by atoms with Crippen molar-refractivity contribution in [3.05, 3.63) is 0 Å². The van der Waals surface area contributed by atoms with E-state index < -0.39 is 97.5 Å². The fourth-order valence-electron chi connectivity index (χ4n) is 11.4. The molecule has 0 heterocycles. The summed E-state index contributed by atoms with van der Waals surface area (Å²) in [5.74, 6) is -1.35. The Morgan fingerprint density at radius 3 is 0.731 bits per heavy atom. The van der Waals surface area contributed by atoms with E-state index in [4.69, 9.17) is 37.0 Å². The molecule has 552 valence electrons. The first kappa shape index (κ1) is 91.1. The van der Waals surface area contributed by atoms with E-state index in [2.05, 4.69) is 34.6 Å². The van der Waals surface area contributed by atoms with Gasteiger partial charge in [0, 0.05) is 25.7 Å². The van der Waals surface area contributed by atoms with Gasteiger partial charge in [0.05, 0.1) is 26.4 Å². The van der Waals surface area contributed by atoms with Crippen molar-refractivity contribution in [2.24, 2.45) is 5.92 Å². The highest BCUT2D eigenvalue weighted by molar-refractivity contribution is 7.47. The highest BCUT2D eigenvalue weighted by atomic mass is 31.2. The minimum atomic E-state index is -4.95. The Bertz CT molecular complexity index is 1790. The molecule has 0 saturated carbocycles. The number of phosphoric ester groups is 2. The fraction of sp³-hybridized carbons (Fsp3) is 0.946. The molecule has 0 aromatic rings. The molecule has 0 rings (SSSR count). The van der Waals surface area contributed by atoms with Crippen molar-refractivity contribution in [1.82, 2.24) is 0 Å². The summed E-state index contributed by atoms with van der Waals surface area (Å²) in [6, 6.07) is 0. The Labute approximate surface area is 568 Å². The summed E-state index contributed by atoms with van der Waals surface area (Å²) in [4.78, 5) is 72.6. The predicted octanol–water partition coefficient (Wildman–Crippen LogP) is 21.7. The van der Waals surface area contributed by atoms with E-state index in [-0.39, 0.29) is 25.7 Å². The number of aliphatic hydroxyl groups excluding tert-OH is 1. The maximum atomic E-state index is 13.1. The van der Waals surface area contributed by atoms with Gasteiger partial charge in [0.15, 0.2) is 12.2 Å². The number of esters is 4. The molecule has 0 aliphatic carbocycles. The van der Waals surface area contributed by atoms with Crippen molar-refractivity contribution in [1.29, 1.82) is 0 Å². The molecule has 17 nitrogen and oxygen atoms in total. The van der Waals surface area contributed by atoms with Crippen molar-refractivity contribution >= 4 is 39.5 Å². The first-order chi connectivity index (χ1) is 45.0. The van der Waals surface area contributed by atoms with Crippen molar-refractivity contribution in [2.45, 2.75) is 406 Å². The molecule has 0 saturated heterocycles. The van der Waals surface area contributed by atoms with Gasteiger partial charge < -0.3 is 33.8 Å². The van der Waals surface area contributed by atoms with Gasteiger partial charge in [-0.1, -0.05) is 336 Å². The summed E-state index contributed by atoms with van der Waals surface area (Å²) in [7, 11) is -9.90. The van der Waals surface area contributed by atoms with E-state index in [9.17, 15) is 43.2 Å². The fourth-order valence-corrected chi connectivity index (χ4v) is 12.9. The number of rotatable bonds is 74. The zero-order valence-corrected chi connectivity index (χ0v) is 62.2. The van der Waals surface area contributed by atoms with E-state index in [1.54, 1.807) is 0 Å². The van der Waals surface area contributed by atoms with E-state index in [0.717, 1.165) is 102 Å². The SMILES string of the molecule is CCCCCCCCCCCCCCCCCCCCCCCC(=O)O[C@H](COC(=O)CCCCCCCCCCCCCC(C)C)COP(=O)(O)OC[C@@H](O)COP(=O)(O)OC[C@@H](COC(=O)CCCCCCCCCC)OC(=O)CCCCCCCCCCCC. The summed E-state index contributed by atoms with van der Waals surface area (Å²) < 4.78 is 68.3. The number of unbranched alkanes of at least 4 members (excludes halogenated alkanes) is 46. The summed E-state index contributed by atoms with van der Waals surface area (Å²) >= 11 is 0. The van der Waals surface area contributed by atoms with Gasteiger partial charge in [0.1, 0.15) is 19.3 Å². The van der Waals surface area contributed by atoms with Crippen molar-refractivity contribution < 1.29 is 80.2 Å². The standard InChI is InChI=1S/C74H144O17P2/c1-6-9-12-15-18-21-23-24-25-26-27-28-29-30-31-32-35-40-45-50-55-60-74(79)91-70(64-85-72(77)58-53-48-43-39-36-33-34-37-41-46-51-56-67(4)5)66-89-93(82,83)87-62-68(75)61-86-92(80,81)88-65-69(63-84-71(76)57-52-47-42-20-17-14-11-8-3)90-73(78)59-54-49-44-38-22-19-16-13-10-7-2/h67-70,75H,6-66H2,1-5H3,(H,80,81)(H,82,83)/t68-,69+,70+/m0/s1. The average Bonchev–Trinajstić information content (AvgIpc) is 2.86. The first-order valence-electron chi connectivity index (χ1n) is 38.6. The molecular formula is C74H144O17P2. The van der Waals surface area contributed by atoms with Gasteiger partial charge in [0.2, 0.25) is 0 Å². The number of carbonyl (C=O) groups is 4. The molecule has 0 aliphatic heterocycles. The van der Waals surface area contributed by atoms with Crippen LogP contribution in [0.2, 0.25) is 0 Å². The van der Waals surface area contributed by atoms with Gasteiger partial charge in [-0.15, -0.1) is 0 Å². The van der Waals surface area contributed by atoms with Crippen LogP contribution in [0.5, 0.6) is 0 Å². The number of aliphatic hydroxyl groups is 1. The summed E-state index contributed by atoms with van der Waals surface area (Å²) in [5.41, 5.74) is 0. The van der Waals surface area contributed by atoms with Crippen LogP contribution < -0.4 is 0 Å². The average molecular weight is 1370 g/mol. The number of hydrogen-bond donors (Lipinski definition) is 3. The van der Waals surface area contributed by atoms with Crippen molar-refractivity contribution in [2.75, 3.05) is 39.6 Å². The second kappa shape index (κ2) is 67.3. The Hall–Kier alpha value is -1.94. The van der Waals surface area contributed by atoms with Gasteiger partial charge in [-0.3, -0.25) is 37.3 Å². The second-order valence-electron chi connectivity index (χ2n) is 27.2. The molecule has 3 N–H and O–H groups in total. The molecule has 19 heteroatoms. The maximum absolute atomic E-state index is 13.1. The Morgan fingerprint density at radius 2 is 0.495 bits per heavy atom. The molecule has 0 aliphatic rings. The number of hydrogen-bond acceptors (Lipinski definition) is 15. The van der Waals surface area contributed by atoms with Gasteiger partial charge in [0.25, 0.3) is 0 Å². The third kappa shape index (κ3) is 68.4. The molecule has 0 amide bonds. The van der Waals surface area contributed by atoms with E-state index >= 15 is 0 Å². The molecule has 0 spiro atoms. The van der Waals surface area contributed by atoms with Crippen LogP contribution in [0.15, 0.2) is 0 Å². The summed E-state index contributed by atoms with van der Waals surface area (Å²) in [6.45, 7) is 7.24. The lowest BCUT2D eigenvalue weighted by molar-refractivity contribution is -0.161. The molecule has 0 radical (unpaired) electrons. The van der Waals surface area contributed by atoms with Gasteiger partial charge >= 0.3 is 39.5 Å². The van der Waals surface area contributed by atoms with Crippen LogP contribution in [0.1, 0.15) is 388 Å². The van der Waals surface area contributed by atoms with Crippen LogP contribution >= 0.6 is 15.6 Å². The highest BCUT2D eigenvalue weighted by Gasteiger charge is 2.30. The summed E-state index contributed by atoms with van der Waals surface area (Å²) in [5, 5.41) is 10.6. The van der Waals surface area contributed by atoms with E-state index in [1.807, 2.05) is 0 Å². The third-order valence-electron chi connectivity index (χ3n) is 17.3. The van der Waals surface area contributed by atoms with Crippen LogP contribution in [0.4, 0.5) is 0 Å². The maximum Gasteiger partial charge on any atom is 0.472 e. The predicted molar refractivity (Wildman–Crippen MR) is 377 cm³/mol. The lowest BCUT2D eigenvalue weighted by Gasteiger charge is -2.21. The Kier molecular flexibility index (Phi) is 65.9. The minimum Gasteiger partial charge on any atom is -0.462 e. The van der Waals surface area contributed by atoms with E-state index in [0.29, 0.717) is 25.7 Å². The monoisotopic (exact) mass is 1370 g/mol. The minimum absolute atomic E-state index is 0.106. The topological polar surface area (TPSA) is 237 Å². The lowest BCUT2D eigenvalue weighted by Crippen LogP contribution is -2.30. The molecule has 93 heavy (non-hydrogen) atoms. The quantitative estimate of drug-likeness (QED) is 0.0222. The Morgan fingerprint density at radius 1 is 0.290 bits per heavy atom. The normalized spacial score (nSPS) is 14.0. The second-order valence-corrected chi connectivity index (χ2v) is 30.1. The third-order valence-corrected chi connectivity index (χ3v) is 19.2. The zero-order chi connectivity index (χ0) is 68.4. The smallest absolute Gasteiger partial charge is 0.462 e. The molecular weight excluding hydrogens is 1220 g/mol. The molecule has 0 aromatic heterocycles. The Balaban J connectivity index is 5.16. The molecule has 0 bridgehead atoms. The highest BCUT2D eigenvalue weighted by Crippen LogP contribution is 2.45. The summed E-state index contributed by atoms with van der Waals surface area (Å²) in [6.07, 6.45) is 55.7. The van der Waals surface area contributed by atoms with Crippen molar-refractivity contribution in [3.63, 3.8) is 0 Å². The van der Waals surface area contributed by atoms with Crippen molar-refractivity contribution in [3.8, 4) is 0 Å².